The van der Waals surface area contributed by atoms with Crippen molar-refractivity contribution in [3.63, 3.8) is 0 Å². The second kappa shape index (κ2) is 7.77. The average Bonchev–Trinajstić information content (AvgIpc) is 2.40. The van der Waals surface area contributed by atoms with Crippen molar-refractivity contribution in [1.82, 2.24) is 5.32 Å². The van der Waals surface area contributed by atoms with Crippen LogP contribution in [0, 0.1) is 11.3 Å². The third-order valence-corrected chi connectivity index (χ3v) is 5.46. The zero-order valence-electron chi connectivity index (χ0n) is 13.4. The summed E-state index contributed by atoms with van der Waals surface area (Å²) in [5, 5.41) is 13.5. The van der Waals surface area contributed by atoms with Gasteiger partial charge in [-0.2, -0.15) is 0 Å². The maximum absolute atomic E-state index is 10.0. The van der Waals surface area contributed by atoms with E-state index in [9.17, 15) is 5.11 Å². The number of rotatable bonds is 8. The number of hydrogen-bond donors (Lipinski definition) is 2. The summed E-state index contributed by atoms with van der Waals surface area (Å²) in [6.07, 6.45) is 10.3. The van der Waals surface area contributed by atoms with Gasteiger partial charge in [0.25, 0.3) is 0 Å². The number of aliphatic hydroxyl groups is 1. The van der Waals surface area contributed by atoms with Crippen LogP contribution < -0.4 is 5.32 Å². The molecule has 2 N–H and O–H groups in total. The first-order valence-electron chi connectivity index (χ1n) is 8.64. The van der Waals surface area contributed by atoms with Crippen LogP contribution in [0.15, 0.2) is 0 Å². The summed E-state index contributed by atoms with van der Waals surface area (Å²) in [6, 6.07) is 0. The van der Waals surface area contributed by atoms with E-state index in [0.717, 1.165) is 12.5 Å². The summed E-state index contributed by atoms with van der Waals surface area (Å²) in [6.45, 7) is 6.80. The molecule has 3 heteroatoms. The van der Waals surface area contributed by atoms with Gasteiger partial charge in [0, 0.05) is 13.1 Å². The Hall–Kier alpha value is -0.120. The van der Waals surface area contributed by atoms with Gasteiger partial charge in [0.1, 0.15) is 0 Å². The topological polar surface area (TPSA) is 41.5 Å². The van der Waals surface area contributed by atoms with Crippen molar-refractivity contribution in [2.75, 3.05) is 19.7 Å². The Balaban J connectivity index is 1.55. The Labute approximate surface area is 124 Å². The number of hydrogen-bond acceptors (Lipinski definition) is 3. The lowest BCUT2D eigenvalue weighted by Crippen LogP contribution is -2.42. The Morgan fingerprint density at radius 2 is 2.10 bits per heavy atom. The van der Waals surface area contributed by atoms with E-state index in [-0.39, 0.29) is 6.10 Å². The standard InChI is InChI=1S/C17H33NO2/c1-3-17(8-5-9-17)13-18-11-15(19)12-20-16-7-4-6-14(2)10-16/h14-16,18-19H,3-13H2,1-2H3. The number of ether oxygens (including phenoxy) is 1. The molecule has 0 bridgehead atoms. The average molecular weight is 283 g/mol. The first kappa shape index (κ1) is 16.3. The number of aliphatic hydroxyl groups excluding tert-OH is 1. The molecule has 0 aromatic carbocycles. The molecule has 3 nitrogen and oxygen atoms in total. The van der Waals surface area contributed by atoms with Crippen molar-refractivity contribution in [2.45, 2.75) is 77.4 Å². The Morgan fingerprint density at radius 1 is 1.30 bits per heavy atom. The van der Waals surface area contributed by atoms with Gasteiger partial charge in [-0.1, -0.05) is 33.1 Å². The van der Waals surface area contributed by atoms with Crippen LogP contribution in [0.25, 0.3) is 0 Å². The highest BCUT2D eigenvalue weighted by Gasteiger charge is 2.34. The lowest BCUT2D eigenvalue weighted by molar-refractivity contribution is -0.0317. The molecule has 2 aliphatic carbocycles. The fourth-order valence-corrected chi connectivity index (χ4v) is 3.67. The molecule has 0 aromatic rings. The predicted octanol–water partition coefficient (Wildman–Crippen LogP) is 3.11. The van der Waals surface area contributed by atoms with E-state index >= 15 is 0 Å². The first-order valence-corrected chi connectivity index (χ1v) is 8.64. The summed E-state index contributed by atoms with van der Waals surface area (Å²) >= 11 is 0. The molecule has 0 heterocycles. The maximum Gasteiger partial charge on any atom is 0.0897 e. The largest absolute Gasteiger partial charge is 0.389 e. The molecular weight excluding hydrogens is 250 g/mol. The molecule has 0 aliphatic heterocycles. The smallest absolute Gasteiger partial charge is 0.0897 e. The van der Waals surface area contributed by atoms with Crippen molar-refractivity contribution in [1.29, 1.82) is 0 Å². The van der Waals surface area contributed by atoms with Gasteiger partial charge in [0.05, 0.1) is 18.8 Å². The van der Waals surface area contributed by atoms with Gasteiger partial charge in [-0.15, -0.1) is 0 Å². The van der Waals surface area contributed by atoms with E-state index in [1.165, 1.54) is 51.4 Å². The van der Waals surface area contributed by atoms with Crippen molar-refractivity contribution in [2.24, 2.45) is 11.3 Å². The van der Waals surface area contributed by atoms with E-state index in [0.29, 0.717) is 24.7 Å². The highest BCUT2D eigenvalue weighted by atomic mass is 16.5. The quantitative estimate of drug-likeness (QED) is 0.719. The Kier molecular flexibility index (Phi) is 6.31. The van der Waals surface area contributed by atoms with Gasteiger partial charge in [-0.25, -0.2) is 0 Å². The Bertz CT molecular complexity index is 273. The van der Waals surface area contributed by atoms with Crippen molar-refractivity contribution in [3.05, 3.63) is 0 Å². The molecule has 0 spiro atoms. The van der Waals surface area contributed by atoms with E-state index in [4.69, 9.17) is 4.74 Å². The molecule has 20 heavy (non-hydrogen) atoms. The van der Waals surface area contributed by atoms with Crippen LogP contribution >= 0.6 is 0 Å². The van der Waals surface area contributed by atoms with Gasteiger partial charge in [0.15, 0.2) is 0 Å². The molecular formula is C17H33NO2. The van der Waals surface area contributed by atoms with Crippen LogP contribution in [-0.2, 0) is 4.74 Å². The molecule has 0 radical (unpaired) electrons. The fraction of sp³-hybridized carbons (Fsp3) is 1.00. The van der Waals surface area contributed by atoms with Crippen molar-refractivity contribution >= 4 is 0 Å². The molecule has 2 aliphatic rings. The highest BCUT2D eigenvalue weighted by Crippen LogP contribution is 2.42. The van der Waals surface area contributed by atoms with Gasteiger partial charge in [0.2, 0.25) is 0 Å². The van der Waals surface area contributed by atoms with E-state index in [2.05, 4.69) is 19.2 Å². The molecule has 0 amide bonds. The molecule has 3 unspecified atom stereocenters. The second-order valence-corrected chi connectivity index (χ2v) is 7.22. The zero-order chi connectivity index (χ0) is 14.4. The van der Waals surface area contributed by atoms with E-state index in [1.54, 1.807) is 0 Å². The molecule has 0 aromatic heterocycles. The third kappa shape index (κ3) is 4.71. The maximum atomic E-state index is 10.0. The highest BCUT2D eigenvalue weighted by molar-refractivity contribution is 4.88. The fourth-order valence-electron chi connectivity index (χ4n) is 3.67. The normalized spacial score (nSPS) is 30.8. The molecule has 3 atom stereocenters. The molecule has 118 valence electrons. The zero-order valence-corrected chi connectivity index (χ0v) is 13.4. The monoisotopic (exact) mass is 283 g/mol. The van der Waals surface area contributed by atoms with Gasteiger partial charge >= 0.3 is 0 Å². The van der Waals surface area contributed by atoms with Crippen LogP contribution in [-0.4, -0.2) is 37.0 Å². The van der Waals surface area contributed by atoms with Gasteiger partial charge in [-0.3, -0.25) is 0 Å². The third-order valence-electron chi connectivity index (χ3n) is 5.46. The molecule has 2 rings (SSSR count). The SMILES string of the molecule is CCC1(CNCC(O)COC2CCCC(C)C2)CCC1. The van der Waals surface area contributed by atoms with Crippen molar-refractivity contribution in [3.8, 4) is 0 Å². The summed E-state index contributed by atoms with van der Waals surface area (Å²) in [5.41, 5.74) is 0.527. The summed E-state index contributed by atoms with van der Waals surface area (Å²) in [4.78, 5) is 0. The van der Waals surface area contributed by atoms with E-state index < -0.39 is 0 Å². The van der Waals surface area contributed by atoms with Crippen molar-refractivity contribution < 1.29 is 9.84 Å². The van der Waals surface area contributed by atoms with Crippen LogP contribution in [0.5, 0.6) is 0 Å². The van der Waals surface area contributed by atoms with Gasteiger partial charge in [-0.05, 0) is 43.4 Å². The minimum Gasteiger partial charge on any atom is -0.389 e. The second-order valence-electron chi connectivity index (χ2n) is 7.22. The minimum absolute atomic E-state index is 0.360. The van der Waals surface area contributed by atoms with E-state index in [1.807, 2.05) is 0 Å². The summed E-state index contributed by atoms with van der Waals surface area (Å²) < 4.78 is 5.87. The lowest BCUT2D eigenvalue weighted by Gasteiger charge is -2.41. The van der Waals surface area contributed by atoms with Crippen LogP contribution in [0.2, 0.25) is 0 Å². The van der Waals surface area contributed by atoms with Gasteiger partial charge < -0.3 is 15.2 Å². The lowest BCUT2D eigenvalue weighted by atomic mass is 9.67. The molecule has 2 fully saturated rings. The molecule has 2 saturated carbocycles. The molecule has 0 saturated heterocycles. The Morgan fingerprint density at radius 3 is 2.70 bits per heavy atom. The predicted molar refractivity (Wildman–Crippen MR) is 82.8 cm³/mol. The first-order chi connectivity index (χ1) is 9.63. The minimum atomic E-state index is -0.360. The summed E-state index contributed by atoms with van der Waals surface area (Å²) in [5.74, 6) is 0.784. The van der Waals surface area contributed by atoms with Crippen LogP contribution in [0.1, 0.15) is 65.2 Å². The summed E-state index contributed by atoms with van der Waals surface area (Å²) in [7, 11) is 0. The number of nitrogens with one attached hydrogen (secondary N) is 1. The van der Waals surface area contributed by atoms with Crippen LogP contribution in [0.3, 0.4) is 0 Å². The van der Waals surface area contributed by atoms with Crippen LogP contribution in [0.4, 0.5) is 0 Å².